The fourth-order valence-electron chi connectivity index (χ4n) is 2.03. The zero-order valence-corrected chi connectivity index (χ0v) is 13.3. The van der Waals surface area contributed by atoms with E-state index in [-0.39, 0.29) is 12.0 Å². The Bertz CT molecular complexity index is 609. The molecule has 0 saturated carbocycles. The normalized spacial score (nSPS) is 11.0. The highest BCUT2D eigenvalue weighted by molar-refractivity contribution is 5.69. The third kappa shape index (κ3) is 3.72. The van der Waals surface area contributed by atoms with Crippen LogP contribution in [0.2, 0.25) is 0 Å². The molecule has 0 radical (unpaired) electrons. The molecule has 0 atom stereocenters. The van der Waals surface area contributed by atoms with Gasteiger partial charge >= 0.3 is 0 Å². The summed E-state index contributed by atoms with van der Waals surface area (Å²) in [4.78, 5) is 9.19. The molecule has 0 fully saturated rings. The second-order valence-electron chi connectivity index (χ2n) is 5.56. The zero-order valence-electron chi connectivity index (χ0n) is 13.3. The first-order valence-electron chi connectivity index (χ1n) is 7.34. The molecule has 1 aromatic heterocycles. The monoisotopic (exact) mass is 285 g/mol. The summed E-state index contributed by atoms with van der Waals surface area (Å²) in [6.07, 6.45) is 0.126. The molecule has 112 valence electrons. The molecule has 1 aromatic carbocycles. The lowest BCUT2D eigenvalue weighted by atomic mass is 10.1. The van der Waals surface area contributed by atoms with Crippen molar-refractivity contribution in [3.63, 3.8) is 0 Å². The summed E-state index contributed by atoms with van der Waals surface area (Å²) >= 11 is 0. The summed E-state index contributed by atoms with van der Waals surface area (Å²) < 4.78 is 5.89. The molecule has 0 bridgehead atoms. The Hall–Kier alpha value is -2.10. The predicted molar refractivity (Wildman–Crippen MR) is 86.9 cm³/mol. The Labute approximate surface area is 126 Å². The highest BCUT2D eigenvalue weighted by Crippen LogP contribution is 2.31. The minimum Gasteiger partial charge on any atom is -0.490 e. The van der Waals surface area contributed by atoms with E-state index in [1.54, 1.807) is 0 Å². The zero-order chi connectivity index (χ0) is 15.4. The quantitative estimate of drug-likeness (QED) is 0.898. The van der Waals surface area contributed by atoms with Crippen molar-refractivity contribution in [2.75, 3.05) is 12.4 Å². The van der Waals surface area contributed by atoms with Crippen molar-refractivity contribution in [1.82, 2.24) is 9.97 Å². The average Bonchev–Trinajstić information content (AvgIpc) is 2.46. The molecule has 2 aromatic rings. The summed E-state index contributed by atoms with van der Waals surface area (Å²) in [6.45, 7) is 8.23. The number of nitrogens with one attached hydrogen (secondary N) is 1. The molecule has 0 spiro atoms. The van der Waals surface area contributed by atoms with Gasteiger partial charge < -0.3 is 10.1 Å². The van der Waals surface area contributed by atoms with E-state index >= 15 is 0 Å². The number of hydrogen-bond acceptors (Lipinski definition) is 4. The molecule has 0 saturated heterocycles. The van der Waals surface area contributed by atoms with Crippen molar-refractivity contribution in [2.24, 2.45) is 0 Å². The minimum absolute atomic E-state index is 0.126. The molecule has 0 aliphatic carbocycles. The minimum atomic E-state index is 0.126. The molecular formula is C17H23N3O. The molecule has 4 nitrogen and oxygen atoms in total. The van der Waals surface area contributed by atoms with Gasteiger partial charge in [0.2, 0.25) is 0 Å². The van der Waals surface area contributed by atoms with Crippen LogP contribution in [0.5, 0.6) is 5.75 Å². The van der Waals surface area contributed by atoms with Crippen LogP contribution in [0.1, 0.15) is 39.4 Å². The van der Waals surface area contributed by atoms with Crippen LogP contribution in [-0.4, -0.2) is 23.1 Å². The van der Waals surface area contributed by atoms with Crippen molar-refractivity contribution in [3.8, 4) is 17.0 Å². The van der Waals surface area contributed by atoms with Gasteiger partial charge in [-0.25, -0.2) is 9.97 Å². The van der Waals surface area contributed by atoms with Crippen molar-refractivity contribution >= 4 is 5.82 Å². The largest absolute Gasteiger partial charge is 0.490 e. The summed E-state index contributed by atoms with van der Waals surface area (Å²) in [6, 6.07) is 9.94. The Morgan fingerprint density at radius 1 is 1.05 bits per heavy atom. The van der Waals surface area contributed by atoms with Gasteiger partial charge in [0.05, 0.1) is 11.8 Å². The van der Waals surface area contributed by atoms with Gasteiger partial charge in [-0.05, 0) is 26.0 Å². The lowest BCUT2D eigenvalue weighted by molar-refractivity contribution is 0.243. The molecule has 1 heterocycles. The summed E-state index contributed by atoms with van der Waals surface area (Å²) in [5.41, 5.74) is 1.88. The van der Waals surface area contributed by atoms with E-state index in [0.717, 1.165) is 28.6 Å². The van der Waals surface area contributed by atoms with Gasteiger partial charge in [-0.1, -0.05) is 26.0 Å². The smallest absolute Gasteiger partial charge is 0.133 e. The standard InChI is InChI=1S/C17H23N3O/c1-11(2)17-19-14(10-16(18-5)20-17)13-8-6-7-9-15(13)21-12(3)4/h6-12H,1-5H3,(H,18,19,20). The average molecular weight is 285 g/mol. The van der Waals surface area contributed by atoms with Gasteiger partial charge in [-0.15, -0.1) is 0 Å². The van der Waals surface area contributed by atoms with Crippen molar-refractivity contribution < 1.29 is 4.74 Å². The molecular weight excluding hydrogens is 262 g/mol. The number of hydrogen-bond donors (Lipinski definition) is 1. The van der Waals surface area contributed by atoms with Crippen LogP contribution in [0.3, 0.4) is 0 Å². The maximum atomic E-state index is 5.89. The molecule has 0 amide bonds. The lowest BCUT2D eigenvalue weighted by Crippen LogP contribution is -2.08. The van der Waals surface area contributed by atoms with Gasteiger partial charge in [0, 0.05) is 24.6 Å². The molecule has 1 N–H and O–H groups in total. The van der Waals surface area contributed by atoms with Gasteiger partial charge in [-0.3, -0.25) is 0 Å². The van der Waals surface area contributed by atoms with E-state index in [1.807, 2.05) is 51.2 Å². The van der Waals surface area contributed by atoms with E-state index in [0.29, 0.717) is 0 Å². The highest BCUT2D eigenvalue weighted by atomic mass is 16.5. The fraction of sp³-hybridized carbons (Fsp3) is 0.412. The molecule has 0 aliphatic heterocycles. The second-order valence-corrected chi connectivity index (χ2v) is 5.56. The van der Waals surface area contributed by atoms with Crippen LogP contribution in [-0.2, 0) is 0 Å². The first kappa shape index (κ1) is 15.3. The molecule has 0 unspecified atom stereocenters. The number of ether oxygens (including phenoxy) is 1. The van der Waals surface area contributed by atoms with Crippen LogP contribution in [0.4, 0.5) is 5.82 Å². The maximum absolute atomic E-state index is 5.89. The van der Waals surface area contributed by atoms with Gasteiger partial charge in [0.25, 0.3) is 0 Å². The van der Waals surface area contributed by atoms with Gasteiger partial charge in [0.1, 0.15) is 17.4 Å². The highest BCUT2D eigenvalue weighted by Gasteiger charge is 2.13. The predicted octanol–water partition coefficient (Wildman–Crippen LogP) is 4.10. The number of para-hydroxylation sites is 1. The van der Waals surface area contributed by atoms with Gasteiger partial charge in [0.15, 0.2) is 0 Å². The van der Waals surface area contributed by atoms with Crippen LogP contribution in [0.25, 0.3) is 11.3 Å². The lowest BCUT2D eigenvalue weighted by Gasteiger charge is -2.15. The van der Waals surface area contributed by atoms with Crippen LogP contribution in [0, 0.1) is 0 Å². The van der Waals surface area contributed by atoms with E-state index in [1.165, 1.54) is 0 Å². The van der Waals surface area contributed by atoms with Crippen LogP contribution in [0.15, 0.2) is 30.3 Å². The van der Waals surface area contributed by atoms with E-state index < -0.39 is 0 Å². The number of nitrogens with zero attached hydrogens (tertiary/aromatic N) is 2. The number of benzene rings is 1. The maximum Gasteiger partial charge on any atom is 0.133 e. The Balaban J connectivity index is 2.53. The topological polar surface area (TPSA) is 47.0 Å². The summed E-state index contributed by atoms with van der Waals surface area (Å²) in [7, 11) is 1.87. The molecule has 21 heavy (non-hydrogen) atoms. The van der Waals surface area contributed by atoms with Crippen LogP contribution < -0.4 is 10.1 Å². The number of anilines is 1. The second kappa shape index (κ2) is 6.57. The van der Waals surface area contributed by atoms with Crippen molar-refractivity contribution in [3.05, 3.63) is 36.2 Å². The SMILES string of the molecule is CNc1cc(-c2ccccc2OC(C)C)nc(C(C)C)n1. The number of rotatable bonds is 5. The third-order valence-electron chi connectivity index (χ3n) is 3.04. The van der Waals surface area contributed by atoms with E-state index in [9.17, 15) is 0 Å². The first-order chi connectivity index (χ1) is 10.0. The Morgan fingerprint density at radius 2 is 1.76 bits per heavy atom. The number of aromatic nitrogens is 2. The van der Waals surface area contributed by atoms with Gasteiger partial charge in [-0.2, -0.15) is 0 Å². The Morgan fingerprint density at radius 3 is 2.38 bits per heavy atom. The van der Waals surface area contributed by atoms with E-state index in [2.05, 4.69) is 29.1 Å². The fourth-order valence-corrected chi connectivity index (χ4v) is 2.03. The Kier molecular flexibility index (Phi) is 4.78. The molecule has 0 aliphatic rings. The molecule has 2 rings (SSSR count). The third-order valence-corrected chi connectivity index (χ3v) is 3.04. The van der Waals surface area contributed by atoms with Crippen LogP contribution >= 0.6 is 0 Å². The van der Waals surface area contributed by atoms with Crippen molar-refractivity contribution in [1.29, 1.82) is 0 Å². The summed E-state index contributed by atoms with van der Waals surface area (Å²) in [5, 5.41) is 3.10. The first-order valence-corrected chi connectivity index (χ1v) is 7.34. The van der Waals surface area contributed by atoms with Crippen molar-refractivity contribution in [2.45, 2.75) is 39.7 Å². The molecule has 4 heteroatoms. The van der Waals surface area contributed by atoms with E-state index in [4.69, 9.17) is 4.74 Å². The summed E-state index contributed by atoms with van der Waals surface area (Å²) in [5.74, 6) is 2.78.